The molecule has 1 atom stereocenters. The lowest BCUT2D eigenvalue weighted by Gasteiger charge is -2.40. The maximum Gasteiger partial charge on any atom is 0.410 e. The highest BCUT2D eigenvalue weighted by Crippen LogP contribution is 2.24. The molecule has 6 heteroatoms. The van der Waals surface area contributed by atoms with Crippen LogP contribution in [0.1, 0.15) is 32.8 Å². The van der Waals surface area contributed by atoms with Gasteiger partial charge in [0.2, 0.25) is 0 Å². The molecule has 3 rings (SSSR count). The van der Waals surface area contributed by atoms with Gasteiger partial charge in [-0.15, -0.1) is 0 Å². The van der Waals surface area contributed by atoms with E-state index in [4.69, 9.17) is 14.2 Å². The third-order valence-electron chi connectivity index (χ3n) is 4.15. The van der Waals surface area contributed by atoms with E-state index in [0.29, 0.717) is 31.3 Å². The summed E-state index contributed by atoms with van der Waals surface area (Å²) >= 11 is 0. The topological polar surface area (TPSA) is 60.9 Å². The first-order valence-corrected chi connectivity index (χ1v) is 9.15. The average molecular weight is 370 g/mol. The van der Waals surface area contributed by atoms with Gasteiger partial charge in [0.25, 0.3) is 0 Å². The van der Waals surface area contributed by atoms with Gasteiger partial charge in [-0.2, -0.15) is 0 Å². The number of likely N-dealkylation sites (tertiary alicyclic amines) is 1. The zero-order chi connectivity index (χ0) is 19.3. The number of amides is 1. The summed E-state index contributed by atoms with van der Waals surface area (Å²) < 4.78 is 17.0. The van der Waals surface area contributed by atoms with Gasteiger partial charge >= 0.3 is 6.09 Å². The number of rotatable bonds is 6. The van der Waals surface area contributed by atoms with Crippen LogP contribution in [0, 0.1) is 0 Å². The first-order valence-electron chi connectivity index (χ1n) is 9.15. The van der Waals surface area contributed by atoms with Gasteiger partial charge in [0, 0.05) is 12.6 Å². The molecule has 27 heavy (non-hydrogen) atoms. The number of ether oxygens (including phenoxy) is 3. The molecule has 1 aliphatic rings. The molecule has 2 heterocycles. The fourth-order valence-corrected chi connectivity index (χ4v) is 2.67. The predicted octanol–water partition coefficient (Wildman–Crippen LogP) is 4.05. The van der Waals surface area contributed by atoms with Crippen molar-refractivity contribution in [1.29, 1.82) is 0 Å². The van der Waals surface area contributed by atoms with Crippen molar-refractivity contribution >= 4 is 6.09 Å². The second-order valence-corrected chi connectivity index (χ2v) is 7.56. The average Bonchev–Trinajstić information content (AvgIpc) is 2.59. The third-order valence-corrected chi connectivity index (χ3v) is 4.15. The summed E-state index contributed by atoms with van der Waals surface area (Å²) in [6, 6.07) is 11.8. The molecule has 2 aromatic rings. The number of nitrogens with zero attached hydrogens (tertiary/aromatic N) is 2. The van der Waals surface area contributed by atoms with Crippen molar-refractivity contribution in [2.75, 3.05) is 13.2 Å². The van der Waals surface area contributed by atoms with Crippen LogP contribution in [0.25, 0.3) is 0 Å². The number of carbonyl (C=O) groups is 1. The van der Waals surface area contributed by atoms with E-state index in [2.05, 4.69) is 4.98 Å². The van der Waals surface area contributed by atoms with Gasteiger partial charge in [0.1, 0.15) is 30.3 Å². The lowest BCUT2D eigenvalue weighted by Crippen LogP contribution is -2.55. The molecule has 6 nitrogen and oxygen atoms in total. The monoisotopic (exact) mass is 370 g/mol. The molecular weight excluding hydrogens is 344 g/mol. The summed E-state index contributed by atoms with van der Waals surface area (Å²) in [5, 5.41) is 0. The minimum atomic E-state index is -0.494. The number of benzene rings is 1. The lowest BCUT2D eigenvalue weighted by molar-refractivity contribution is -0.0142. The summed E-state index contributed by atoms with van der Waals surface area (Å²) in [6.45, 7) is 7.17. The van der Waals surface area contributed by atoms with Crippen LogP contribution in [-0.2, 0) is 11.3 Å². The number of aromatic nitrogens is 1. The van der Waals surface area contributed by atoms with Gasteiger partial charge < -0.3 is 19.1 Å². The maximum absolute atomic E-state index is 12.2. The number of carbonyl (C=O) groups excluding carboxylic acids is 1. The van der Waals surface area contributed by atoms with Crippen LogP contribution in [0.4, 0.5) is 4.79 Å². The summed E-state index contributed by atoms with van der Waals surface area (Å²) in [6.07, 6.45) is 3.91. The molecule has 144 valence electrons. The molecule has 1 fully saturated rings. The smallest absolute Gasteiger partial charge is 0.410 e. The van der Waals surface area contributed by atoms with Crippen molar-refractivity contribution in [3.05, 3.63) is 54.4 Å². The number of hydrogen-bond acceptors (Lipinski definition) is 5. The van der Waals surface area contributed by atoms with Crippen molar-refractivity contribution in [2.24, 2.45) is 0 Å². The fraction of sp³-hybridized carbons (Fsp3) is 0.429. The van der Waals surface area contributed by atoms with Gasteiger partial charge in [-0.25, -0.2) is 4.79 Å². The SMILES string of the molecule is CC(C)(C)OC(=O)N1CC[C@H]1COc1cncc(OCc2ccccc2)c1. The van der Waals surface area contributed by atoms with Crippen LogP contribution in [0.15, 0.2) is 48.8 Å². The molecule has 1 aromatic carbocycles. The van der Waals surface area contributed by atoms with Crippen LogP contribution in [0.5, 0.6) is 11.5 Å². The lowest BCUT2D eigenvalue weighted by atomic mass is 10.1. The van der Waals surface area contributed by atoms with Crippen LogP contribution in [0.2, 0.25) is 0 Å². The number of hydrogen-bond donors (Lipinski definition) is 0. The van der Waals surface area contributed by atoms with E-state index in [1.807, 2.05) is 57.2 Å². The highest BCUT2D eigenvalue weighted by atomic mass is 16.6. The van der Waals surface area contributed by atoms with Crippen molar-refractivity contribution < 1.29 is 19.0 Å². The van der Waals surface area contributed by atoms with Crippen molar-refractivity contribution in [1.82, 2.24) is 9.88 Å². The van der Waals surface area contributed by atoms with E-state index in [1.54, 1.807) is 17.3 Å². The zero-order valence-electron chi connectivity index (χ0n) is 16.1. The summed E-state index contributed by atoms with van der Waals surface area (Å²) in [5.74, 6) is 1.27. The number of pyridine rings is 1. The first kappa shape index (κ1) is 19.0. The fourth-order valence-electron chi connectivity index (χ4n) is 2.67. The minimum Gasteiger partial charge on any atom is -0.490 e. The largest absolute Gasteiger partial charge is 0.490 e. The molecule has 0 bridgehead atoms. The Labute approximate surface area is 160 Å². The molecule has 0 spiro atoms. The summed E-state index contributed by atoms with van der Waals surface area (Å²) in [7, 11) is 0. The summed E-state index contributed by atoms with van der Waals surface area (Å²) in [5.41, 5.74) is 0.596. The van der Waals surface area contributed by atoms with Gasteiger partial charge in [0.15, 0.2) is 0 Å². The Morgan fingerprint density at radius 1 is 1.15 bits per heavy atom. The van der Waals surface area contributed by atoms with Gasteiger partial charge in [-0.3, -0.25) is 4.98 Å². The summed E-state index contributed by atoms with van der Waals surface area (Å²) in [4.78, 5) is 18.0. The van der Waals surface area contributed by atoms with Gasteiger partial charge in [0.05, 0.1) is 18.4 Å². The standard InChI is InChI=1S/C21H26N2O4/c1-21(2,3)27-20(24)23-10-9-17(23)15-26-19-11-18(12-22-13-19)25-14-16-7-5-4-6-8-16/h4-8,11-13,17H,9-10,14-15H2,1-3H3/t17-/m0/s1. The molecule has 1 amide bonds. The Kier molecular flexibility index (Phi) is 5.84. The molecule has 0 unspecified atom stereocenters. The Morgan fingerprint density at radius 2 is 1.85 bits per heavy atom. The van der Waals surface area contributed by atoms with E-state index < -0.39 is 5.60 Å². The second-order valence-electron chi connectivity index (χ2n) is 7.56. The van der Waals surface area contributed by atoms with E-state index in [-0.39, 0.29) is 12.1 Å². The zero-order valence-corrected chi connectivity index (χ0v) is 16.1. The van der Waals surface area contributed by atoms with Crippen molar-refractivity contribution in [3.63, 3.8) is 0 Å². The van der Waals surface area contributed by atoms with Crippen LogP contribution in [-0.4, -0.2) is 40.8 Å². The van der Waals surface area contributed by atoms with Crippen LogP contribution in [0.3, 0.4) is 0 Å². The van der Waals surface area contributed by atoms with Crippen LogP contribution < -0.4 is 9.47 Å². The molecule has 1 aliphatic heterocycles. The highest BCUT2D eigenvalue weighted by Gasteiger charge is 2.35. The first-order chi connectivity index (χ1) is 12.9. The Balaban J connectivity index is 1.49. The van der Waals surface area contributed by atoms with E-state index in [9.17, 15) is 4.79 Å². The molecule has 0 N–H and O–H groups in total. The van der Waals surface area contributed by atoms with Gasteiger partial charge in [-0.1, -0.05) is 30.3 Å². The molecule has 0 aliphatic carbocycles. The van der Waals surface area contributed by atoms with Crippen LogP contribution >= 0.6 is 0 Å². The molecule has 0 saturated carbocycles. The molecule has 1 saturated heterocycles. The Morgan fingerprint density at radius 3 is 2.48 bits per heavy atom. The van der Waals surface area contributed by atoms with E-state index in [1.165, 1.54) is 0 Å². The Bertz CT molecular complexity index is 758. The molecule has 0 radical (unpaired) electrons. The Hall–Kier alpha value is -2.76. The third kappa shape index (κ3) is 5.61. The van der Waals surface area contributed by atoms with Crippen molar-refractivity contribution in [3.8, 4) is 11.5 Å². The molecular formula is C21H26N2O4. The molecule has 1 aromatic heterocycles. The normalized spacial score (nSPS) is 16.4. The highest BCUT2D eigenvalue weighted by molar-refractivity contribution is 5.69. The van der Waals surface area contributed by atoms with E-state index >= 15 is 0 Å². The predicted molar refractivity (Wildman–Crippen MR) is 102 cm³/mol. The minimum absolute atomic E-state index is 0.0220. The second kappa shape index (κ2) is 8.29. The van der Waals surface area contributed by atoms with E-state index in [0.717, 1.165) is 12.0 Å². The quantitative estimate of drug-likeness (QED) is 0.768. The maximum atomic E-state index is 12.2. The van der Waals surface area contributed by atoms with Gasteiger partial charge in [-0.05, 0) is 32.8 Å². The van der Waals surface area contributed by atoms with Crippen molar-refractivity contribution in [2.45, 2.75) is 45.4 Å².